The van der Waals surface area contributed by atoms with E-state index < -0.39 is 31.9 Å². The quantitative estimate of drug-likeness (QED) is 0.289. The van der Waals surface area contributed by atoms with Crippen LogP contribution in [0.4, 0.5) is 0 Å². The van der Waals surface area contributed by atoms with Gasteiger partial charge in [0.1, 0.15) is 16.4 Å². The number of unbranched alkanes of at least 4 members (excludes halogenated alkanes) is 1. The third-order valence-electron chi connectivity index (χ3n) is 5.35. The number of hydrogen-bond acceptors (Lipinski definition) is 8. The fourth-order valence-corrected chi connectivity index (χ4v) is 6.03. The normalized spacial score (nSPS) is 14.3. The Hall–Kier alpha value is -3.45. The molecule has 0 bridgehead atoms. The number of halogens is 1. The minimum atomic E-state index is -4.15. The number of nitrogens with one attached hydrogen (secondary N) is 1. The highest BCUT2D eigenvalue weighted by molar-refractivity contribution is 7.90. The first kappa shape index (κ1) is 26.6. The van der Waals surface area contributed by atoms with Gasteiger partial charge in [0.25, 0.3) is 26.0 Å². The van der Waals surface area contributed by atoms with Crippen molar-refractivity contribution in [3.63, 3.8) is 0 Å². The highest BCUT2D eigenvalue weighted by Gasteiger charge is 2.40. The lowest BCUT2D eigenvalue weighted by Gasteiger charge is -2.14. The van der Waals surface area contributed by atoms with E-state index in [-0.39, 0.29) is 41.2 Å². The molecule has 3 aromatic carbocycles. The molecule has 0 aromatic heterocycles. The van der Waals surface area contributed by atoms with E-state index in [1.54, 1.807) is 35.2 Å². The number of amides is 1. The third-order valence-corrected chi connectivity index (χ3v) is 8.64. The lowest BCUT2D eigenvalue weighted by molar-refractivity contribution is -0.147. The molecule has 0 saturated heterocycles. The molecule has 1 heterocycles. The zero-order chi connectivity index (χ0) is 26.6. The topological polar surface area (TPSA) is 136 Å². The van der Waals surface area contributed by atoms with Crippen LogP contribution >= 0.6 is 11.6 Å². The van der Waals surface area contributed by atoms with Crippen LogP contribution in [0, 0.1) is 0 Å². The van der Waals surface area contributed by atoms with Crippen LogP contribution in [-0.2, 0) is 29.7 Å². The highest BCUT2D eigenvalue weighted by Crippen LogP contribution is 2.30. The Balaban J connectivity index is 1.23. The van der Waals surface area contributed by atoms with Crippen molar-refractivity contribution < 1.29 is 36.0 Å². The van der Waals surface area contributed by atoms with Gasteiger partial charge in [-0.15, -0.1) is 0 Å². The van der Waals surface area contributed by atoms with Crippen molar-refractivity contribution in [1.29, 1.82) is 0 Å². The molecule has 13 heteroatoms. The molecule has 1 N–H and O–H groups in total. The molecule has 0 atom stereocenters. The summed E-state index contributed by atoms with van der Waals surface area (Å²) in [6, 6.07) is 18.0. The molecule has 0 spiro atoms. The summed E-state index contributed by atoms with van der Waals surface area (Å²) < 4.78 is 56.2. The molecule has 1 amide bonds. The fourth-order valence-electron chi connectivity index (χ4n) is 3.50. The van der Waals surface area contributed by atoms with E-state index >= 15 is 0 Å². The molecule has 37 heavy (non-hydrogen) atoms. The third kappa shape index (κ3) is 6.10. The average molecular weight is 565 g/mol. The Morgan fingerprint density at radius 3 is 2.19 bits per heavy atom. The number of sulfonamides is 2. The number of carbonyl (C=O) groups is 2. The van der Waals surface area contributed by atoms with Gasteiger partial charge in [0.05, 0.1) is 10.5 Å². The molecule has 4 rings (SSSR count). The summed E-state index contributed by atoms with van der Waals surface area (Å²) in [7, 11) is -8.06. The lowest BCUT2D eigenvalue weighted by Crippen LogP contribution is -2.31. The average Bonchev–Trinajstić information content (AvgIpc) is 3.07. The Morgan fingerprint density at radius 1 is 0.919 bits per heavy atom. The largest absolute Gasteiger partial charge is 0.457 e. The minimum Gasteiger partial charge on any atom is -0.457 e. The van der Waals surface area contributed by atoms with Crippen molar-refractivity contribution in [3.05, 3.63) is 83.4 Å². The zero-order valence-corrected chi connectivity index (χ0v) is 21.6. The van der Waals surface area contributed by atoms with E-state index in [2.05, 4.69) is 4.84 Å². The maximum atomic E-state index is 12.5. The van der Waals surface area contributed by atoms with Crippen LogP contribution in [0.3, 0.4) is 0 Å². The van der Waals surface area contributed by atoms with Gasteiger partial charge < -0.3 is 9.57 Å². The second kappa shape index (κ2) is 10.9. The monoisotopic (exact) mass is 564 g/mol. The van der Waals surface area contributed by atoms with E-state index in [0.717, 1.165) is 4.31 Å². The number of ether oxygens (including phenoxy) is 1. The predicted molar refractivity (Wildman–Crippen MR) is 133 cm³/mol. The van der Waals surface area contributed by atoms with Crippen molar-refractivity contribution in [1.82, 2.24) is 9.19 Å². The first-order valence-corrected chi connectivity index (χ1v) is 14.3. The smallest absolute Gasteiger partial charge is 0.326 e. The molecule has 0 radical (unpaired) electrons. The number of carbonyl (C=O) groups excluding carboxylic acids is 2. The van der Waals surface area contributed by atoms with E-state index in [4.69, 9.17) is 16.3 Å². The van der Waals surface area contributed by atoms with Crippen molar-refractivity contribution in [3.8, 4) is 11.5 Å². The molecule has 0 saturated carbocycles. The number of hydrogen-bond donors (Lipinski definition) is 1. The van der Waals surface area contributed by atoms with Crippen molar-refractivity contribution in [2.45, 2.75) is 29.1 Å². The molecular weight excluding hydrogens is 544 g/mol. The van der Waals surface area contributed by atoms with Gasteiger partial charge in [0, 0.05) is 18.0 Å². The molecule has 194 valence electrons. The summed E-state index contributed by atoms with van der Waals surface area (Å²) in [5, 5.41) is 0.551. The summed E-state index contributed by atoms with van der Waals surface area (Å²) in [6.45, 7) is -0.112. The van der Waals surface area contributed by atoms with Gasteiger partial charge in [-0.25, -0.2) is 21.1 Å². The predicted octanol–water partition coefficient (Wildman–Crippen LogP) is 3.88. The van der Waals surface area contributed by atoms with Gasteiger partial charge in [-0.3, -0.25) is 9.59 Å². The van der Waals surface area contributed by atoms with Gasteiger partial charge in [0.2, 0.25) is 0 Å². The lowest BCUT2D eigenvalue weighted by atomic mass is 10.2. The van der Waals surface area contributed by atoms with E-state index in [1.807, 2.05) is 0 Å². The molecule has 0 unspecified atom stereocenters. The number of nitrogens with zero attached hydrogens (tertiary/aromatic N) is 1. The van der Waals surface area contributed by atoms with E-state index in [1.165, 1.54) is 42.5 Å². The first-order chi connectivity index (χ1) is 17.6. The molecule has 1 aliphatic rings. The SMILES string of the molecule is O=C(CCCCN1C(=O)c2ccccc2S1(=O)=O)ONS(=O)(=O)c1ccc(Oc2ccc(Cl)cc2)cc1. The zero-order valence-electron chi connectivity index (χ0n) is 19.2. The maximum absolute atomic E-state index is 12.5. The summed E-state index contributed by atoms with van der Waals surface area (Å²) in [6.07, 6.45) is 0.175. The molecule has 1 aliphatic heterocycles. The number of rotatable bonds is 10. The summed E-state index contributed by atoms with van der Waals surface area (Å²) >= 11 is 5.83. The van der Waals surface area contributed by atoms with Gasteiger partial charge in [-0.05, 0) is 78.4 Å². The van der Waals surface area contributed by atoms with Crippen LogP contribution in [-0.4, -0.2) is 39.6 Å². The second-order valence-corrected chi connectivity index (χ2v) is 11.8. The molecule has 0 aliphatic carbocycles. The van der Waals surface area contributed by atoms with Crippen LogP contribution < -0.4 is 9.62 Å². The van der Waals surface area contributed by atoms with Crippen LogP contribution in [0.15, 0.2) is 82.6 Å². The van der Waals surface area contributed by atoms with Crippen molar-refractivity contribution in [2.75, 3.05) is 6.54 Å². The first-order valence-electron chi connectivity index (χ1n) is 11.0. The van der Waals surface area contributed by atoms with E-state index in [9.17, 15) is 26.4 Å². The van der Waals surface area contributed by atoms with Gasteiger partial charge in [-0.1, -0.05) is 23.7 Å². The molecular formula is C24H21ClN2O8S2. The molecule has 0 fully saturated rings. The Morgan fingerprint density at radius 2 is 1.54 bits per heavy atom. The van der Waals surface area contributed by atoms with Gasteiger partial charge in [-0.2, -0.15) is 0 Å². The molecule has 3 aromatic rings. The highest BCUT2D eigenvalue weighted by atomic mass is 35.5. The van der Waals surface area contributed by atoms with Crippen LogP contribution in [0.5, 0.6) is 11.5 Å². The van der Waals surface area contributed by atoms with Crippen molar-refractivity contribution in [2.24, 2.45) is 0 Å². The van der Waals surface area contributed by atoms with Crippen LogP contribution in [0.25, 0.3) is 0 Å². The fraction of sp³-hybridized carbons (Fsp3) is 0.167. The summed E-state index contributed by atoms with van der Waals surface area (Å²) in [5.41, 5.74) is 0.112. The number of fused-ring (bicyclic) bond motifs is 1. The van der Waals surface area contributed by atoms with E-state index in [0.29, 0.717) is 16.5 Å². The second-order valence-electron chi connectivity index (χ2n) is 7.92. The van der Waals surface area contributed by atoms with Crippen molar-refractivity contribution >= 4 is 43.5 Å². The Kier molecular flexibility index (Phi) is 7.83. The van der Waals surface area contributed by atoms with Crippen LogP contribution in [0.1, 0.15) is 29.6 Å². The summed E-state index contributed by atoms with van der Waals surface area (Å²) in [5.74, 6) is -0.566. The minimum absolute atomic E-state index is 0.0432. The molecule has 10 nitrogen and oxygen atoms in total. The van der Waals surface area contributed by atoms with Gasteiger partial charge in [0.15, 0.2) is 0 Å². The Labute approximate surface area is 218 Å². The maximum Gasteiger partial charge on any atom is 0.326 e. The standard InChI is InChI=1S/C24H21ClN2O8S2/c25-17-8-10-18(11-9-17)34-19-12-14-20(15-13-19)36(30,31)26-35-23(28)7-3-4-16-27-24(29)21-5-1-2-6-22(21)37(27,32)33/h1-2,5-6,8-15,26H,3-4,7,16H2. The number of benzene rings is 3. The summed E-state index contributed by atoms with van der Waals surface area (Å²) in [4.78, 5) is 30.6. The Bertz CT molecular complexity index is 1520. The van der Waals surface area contributed by atoms with Gasteiger partial charge >= 0.3 is 5.97 Å². The van der Waals surface area contributed by atoms with Crippen LogP contribution in [0.2, 0.25) is 5.02 Å².